The molecule has 4 heteroatoms. The molecule has 0 radical (unpaired) electrons. The Hall–Kier alpha value is -1.39. The van der Waals surface area contributed by atoms with Crippen molar-refractivity contribution in [2.45, 2.75) is 26.9 Å². The summed E-state index contributed by atoms with van der Waals surface area (Å²) in [6.07, 6.45) is -0.509. The molecule has 0 saturated heterocycles. The minimum absolute atomic E-state index is 0.509. The molecule has 0 spiro atoms. The quantitative estimate of drug-likeness (QED) is 0.917. The molecule has 2 aromatic rings. The Kier molecular flexibility index (Phi) is 3.99. The second kappa shape index (κ2) is 5.50. The van der Waals surface area contributed by atoms with Crippen LogP contribution < -0.4 is 4.74 Å². The summed E-state index contributed by atoms with van der Waals surface area (Å²) in [4.78, 5) is 5.60. The summed E-state index contributed by atoms with van der Waals surface area (Å²) in [6, 6.07) is 7.89. The molecular formula is C14H17NO2S. The molecule has 1 aromatic heterocycles. The Balaban J connectivity index is 2.30. The van der Waals surface area contributed by atoms with Crippen LogP contribution in [0.3, 0.4) is 0 Å². The first-order valence-corrected chi connectivity index (χ1v) is 6.82. The van der Waals surface area contributed by atoms with Gasteiger partial charge in [-0.25, -0.2) is 4.98 Å². The fourth-order valence-corrected chi connectivity index (χ4v) is 2.62. The van der Waals surface area contributed by atoms with Crippen LogP contribution in [0.4, 0.5) is 0 Å². The predicted molar refractivity (Wildman–Crippen MR) is 74.1 cm³/mol. The van der Waals surface area contributed by atoms with Gasteiger partial charge in [0, 0.05) is 10.4 Å². The van der Waals surface area contributed by atoms with Gasteiger partial charge in [0.25, 0.3) is 0 Å². The van der Waals surface area contributed by atoms with Gasteiger partial charge in [0.2, 0.25) is 0 Å². The minimum atomic E-state index is -0.509. The first kappa shape index (κ1) is 13.1. The highest BCUT2D eigenvalue weighted by Gasteiger charge is 2.12. The van der Waals surface area contributed by atoms with Crippen LogP contribution in [0.1, 0.15) is 29.8 Å². The van der Waals surface area contributed by atoms with E-state index in [0.29, 0.717) is 6.61 Å². The van der Waals surface area contributed by atoms with E-state index in [0.717, 1.165) is 26.9 Å². The van der Waals surface area contributed by atoms with Crippen molar-refractivity contribution in [2.24, 2.45) is 0 Å². The van der Waals surface area contributed by atoms with Gasteiger partial charge in [-0.3, -0.25) is 0 Å². The second-order valence-electron chi connectivity index (χ2n) is 4.09. The summed E-state index contributed by atoms with van der Waals surface area (Å²) >= 11 is 1.54. The van der Waals surface area contributed by atoms with E-state index in [1.807, 2.05) is 38.1 Å². The maximum Gasteiger partial charge on any atom is 0.122 e. The van der Waals surface area contributed by atoms with E-state index in [2.05, 4.69) is 4.98 Å². The Morgan fingerprint density at radius 2 is 2.00 bits per heavy atom. The molecule has 18 heavy (non-hydrogen) atoms. The van der Waals surface area contributed by atoms with Crippen LogP contribution >= 0.6 is 11.3 Å². The number of nitrogens with zero attached hydrogens (tertiary/aromatic N) is 1. The van der Waals surface area contributed by atoms with Crippen molar-refractivity contribution in [2.75, 3.05) is 6.61 Å². The SMILES string of the molecule is CCOc1ccc(-c2nc(C(C)O)sc2C)cc1. The average Bonchev–Trinajstić information content (AvgIpc) is 2.73. The fraction of sp³-hybridized carbons (Fsp3) is 0.357. The molecule has 96 valence electrons. The molecule has 0 aliphatic carbocycles. The molecule has 0 saturated carbocycles. The lowest BCUT2D eigenvalue weighted by atomic mass is 10.1. The van der Waals surface area contributed by atoms with Gasteiger partial charge in [0.15, 0.2) is 0 Å². The lowest BCUT2D eigenvalue weighted by Gasteiger charge is -2.04. The van der Waals surface area contributed by atoms with Crippen LogP contribution in [0.5, 0.6) is 5.75 Å². The number of aryl methyl sites for hydroxylation is 1. The molecule has 2 rings (SSSR count). The van der Waals surface area contributed by atoms with Crippen molar-refractivity contribution in [3.8, 4) is 17.0 Å². The van der Waals surface area contributed by atoms with E-state index in [9.17, 15) is 5.11 Å². The first-order chi connectivity index (χ1) is 8.61. The summed E-state index contributed by atoms with van der Waals surface area (Å²) in [6.45, 7) is 6.39. The number of ether oxygens (including phenoxy) is 1. The van der Waals surface area contributed by atoms with E-state index in [1.54, 1.807) is 6.92 Å². The van der Waals surface area contributed by atoms with E-state index < -0.39 is 6.10 Å². The van der Waals surface area contributed by atoms with Crippen molar-refractivity contribution < 1.29 is 9.84 Å². The molecule has 0 bridgehead atoms. The van der Waals surface area contributed by atoms with Crippen LogP contribution in [-0.4, -0.2) is 16.7 Å². The van der Waals surface area contributed by atoms with Crippen LogP contribution in [0.15, 0.2) is 24.3 Å². The lowest BCUT2D eigenvalue weighted by Crippen LogP contribution is -1.91. The molecule has 0 aliphatic heterocycles. The summed E-state index contributed by atoms with van der Waals surface area (Å²) in [5.41, 5.74) is 2.00. The number of hydrogen-bond acceptors (Lipinski definition) is 4. The van der Waals surface area contributed by atoms with E-state index in [4.69, 9.17) is 4.74 Å². The number of benzene rings is 1. The average molecular weight is 263 g/mol. The first-order valence-electron chi connectivity index (χ1n) is 6.00. The number of hydrogen-bond donors (Lipinski definition) is 1. The molecule has 0 aliphatic rings. The van der Waals surface area contributed by atoms with Gasteiger partial charge in [0.05, 0.1) is 12.3 Å². The third kappa shape index (κ3) is 2.71. The minimum Gasteiger partial charge on any atom is -0.494 e. The molecular weight excluding hydrogens is 246 g/mol. The third-order valence-electron chi connectivity index (χ3n) is 2.61. The smallest absolute Gasteiger partial charge is 0.122 e. The van der Waals surface area contributed by atoms with Gasteiger partial charge >= 0.3 is 0 Å². The zero-order valence-corrected chi connectivity index (χ0v) is 11.6. The van der Waals surface area contributed by atoms with Crippen molar-refractivity contribution in [1.29, 1.82) is 0 Å². The highest BCUT2D eigenvalue weighted by Crippen LogP contribution is 2.31. The Morgan fingerprint density at radius 1 is 1.33 bits per heavy atom. The largest absolute Gasteiger partial charge is 0.494 e. The lowest BCUT2D eigenvalue weighted by molar-refractivity contribution is 0.199. The van der Waals surface area contributed by atoms with Crippen LogP contribution in [0, 0.1) is 6.92 Å². The standard InChI is InChI=1S/C14H17NO2S/c1-4-17-12-7-5-11(6-8-12)13-10(3)18-14(15-13)9(2)16/h5-9,16H,4H2,1-3H3. The topological polar surface area (TPSA) is 42.4 Å². The summed E-state index contributed by atoms with van der Waals surface area (Å²) < 4.78 is 5.41. The zero-order valence-electron chi connectivity index (χ0n) is 10.8. The molecule has 3 nitrogen and oxygen atoms in total. The molecule has 0 amide bonds. The van der Waals surface area contributed by atoms with E-state index in [-0.39, 0.29) is 0 Å². The van der Waals surface area contributed by atoms with Gasteiger partial charge in [-0.05, 0) is 45.0 Å². The molecule has 0 fully saturated rings. The normalized spacial score (nSPS) is 12.4. The Bertz CT molecular complexity index is 517. The zero-order chi connectivity index (χ0) is 13.1. The summed E-state index contributed by atoms with van der Waals surface area (Å²) in [5, 5.41) is 10.3. The molecule has 1 aromatic carbocycles. The van der Waals surface area contributed by atoms with Crippen molar-refractivity contribution in [1.82, 2.24) is 4.98 Å². The molecule has 1 atom stereocenters. The number of aliphatic hydroxyl groups excluding tert-OH is 1. The highest BCUT2D eigenvalue weighted by atomic mass is 32.1. The maximum atomic E-state index is 9.55. The van der Waals surface area contributed by atoms with Crippen LogP contribution in [-0.2, 0) is 0 Å². The third-order valence-corrected chi connectivity index (χ3v) is 3.75. The van der Waals surface area contributed by atoms with E-state index in [1.165, 1.54) is 11.3 Å². The van der Waals surface area contributed by atoms with Gasteiger partial charge in [-0.15, -0.1) is 11.3 Å². The maximum absolute atomic E-state index is 9.55. The second-order valence-corrected chi connectivity index (χ2v) is 5.33. The van der Waals surface area contributed by atoms with E-state index >= 15 is 0 Å². The predicted octanol–water partition coefficient (Wildman–Crippen LogP) is 3.57. The fourth-order valence-electron chi connectivity index (χ4n) is 1.74. The summed E-state index contributed by atoms with van der Waals surface area (Å²) in [5.74, 6) is 0.866. The molecule has 1 unspecified atom stereocenters. The van der Waals surface area contributed by atoms with Gasteiger partial charge < -0.3 is 9.84 Å². The molecule has 1 N–H and O–H groups in total. The van der Waals surface area contributed by atoms with Gasteiger partial charge in [-0.2, -0.15) is 0 Å². The summed E-state index contributed by atoms with van der Waals surface area (Å²) in [7, 11) is 0. The number of rotatable bonds is 4. The van der Waals surface area contributed by atoms with Gasteiger partial charge in [0.1, 0.15) is 16.9 Å². The number of thiazole rings is 1. The monoisotopic (exact) mass is 263 g/mol. The Morgan fingerprint density at radius 3 is 2.50 bits per heavy atom. The van der Waals surface area contributed by atoms with Crippen molar-refractivity contribution in [3.63, 3.8) is 0 Å². The van der Waals surface area contributed by atoms with Crippen molar-refractivity contribution >= 4 is 11.3 Å². The Labute approximate surface area is 111 Å². The number of aliphatic hydroxyl groups is 1. The van der Waals surface area contributed by atoms with Crippen LogP contribution in [0.25, 0.3) is 11.3 Å². The van der Waals surface area contributed by atoms with Crippen molar-refractivity contribution in [3.05, 3.63) is 34.2 Å². The van der Waals surface area contributed by atoms with Gasteiger partial charge in [-0.1, -0.05) is 0 Å². The highest BCUT2D eigenvalue weighted by molar-refractivity contribution is 7.12. The molecule has 1 heterocycles. The number of aromatic nitrogens is 1. The van der Waals surface area contributed by atoms with Crippen LogP contribution in [0.2, 0.25) is 0 Å².